The summed E-state index contributed by atoms with van der Waals surface area (Å²) in [5.41, 5.74) is 1.59. The van der Waals surface area contributed by atoms with Gasteiger partial charge in [-0.1, -0.05) is 43.6 Å². The summed E-state index contributed by atoms with van der Waals surface area (Å²) in [5.74, 6) is -4.61. The van der Waals surface area contributed by atoms with Crippen LogP contribution in [0.2, 0.25) is 5.02 Å². The molecule has 0 saturated carbocycles. The first kappa shape index (κ1) is 22.9. The van der Waals surface area contributed by atoms with Gasteiger partial charge in [0.25, 0.3) is 5.92 Å². The monoisotopic (exact) mass is 472 g/mol. The van der Waals surface area contributed by atoms with E-state index in [0.29, 0.717) is 22.0 Å². The van der Waals surface area contributed by atoms with Gasteiger partial charge in [0.1, 0.15) is 0 Å². The average molecular weight is 473 g/mol. The Hall–Kier alpha value is -3.26. The molecule has 1 saturated heterocycles. The Morgan fingerprint density at radius 3 is 2.58 bits per heavy atom. The lowest BCUT2D eigenvalue weighted by molar-refractivity contribution is -0.123. The van der Waals surface area contributed by atoms with E-state index in [1.807, 2.05) is 0 Å². The number of carbonyl (C=O) groups is 2. The van der Waals surface area contributed by atoms with Crippen LogP contribution in [0.25, 0.3) is 16.9 Å². The van der Waals surface area contributed by atoms with E-state index in [4.69, 9.17) is 11.6 Å². The molecule has 9 heteroatoms. The summed E-state index contributed by atoms with van der Waals surface area (Å²) in [6, 6.07) is 14.6. The first-order chi connectivity index (χ1) is 15.6. The van der Waals surface area contributed by atoms with Crippen LogP contribution in [0.4, 0.5) is 14.6 Å². The second kappa shape index (κ2) is 8.94. The first-order valence-electron chi connectivity index (χ1n) is 10.6. The lowest BCUT2D eigenvalue weighted by atomic mass is 9.95. The van der Waals surface area contributed by atoms with Crippen molar-refractivity contribution in [3.05, 3.63) is 65.2 Å². The lowest BCUT2D eigenvalue weighted by Gasteiger charge is -2.21. The molecule has 172 valence electrons. The van der Waals surface area contributed by atoms with Crippen LogP contribution < -0.4 is 10.6 Å². The van der Waals surface area contributed by atoms with Crippen LogP contribution >= 0.6 is 11.6 Å². The van der Waals surface area contributed by atoms with Gasteiger partial charge in [0.2, 0.25) is 11.8 Å². The van der Waals surface area contributed by atoms with E-state index in [9.17, 15) is 18.4 Å². The number of nitrogens with one attached hydrogen (secondary N) is 2. The van der Waals surface area contributed by atoms with Crippen molar-refractivity contribution >= 4 is 29.2 Å². The third kappa shape index (κ3) is 4.75. The van der Waals surface area contributed by atoms with Crippen molar-refractivity contribution in [3.63, 3.8) is 0 Å². The first-order valence-corrected chi connectivity index (χ1v) is 10.9. The molecule has 0 bridgehead atoms. The van der Waals surface area contributed by atoms with Crippen LogP contribution in [-0.2, 0) is 15.5 Å². The molecule has 33 heavy (non-hydrogen) atoms. The highest BCUT2D eigenvalue weighted by atomic mass is 35.5. The maximum atomic E-state index is 14.7. The highest BCUT2D eigenvalue weighted by Crippen LogP contribution is 2.38. The summed E-state index contributed by atoms with van der Waals surface area (Å²) in [6.45, 7) is 3.21. The van der Waals surface area contributed by atoms with E-state index in [0.717, 1.165) is 0 Å². The van der Waals surface area contributed by atoms with Crippen molar-refractivity contribution in [1.82, 2.24) is 15.1 Å². The zero-order valence-corrected chi connectivity index (χ0v) is 18.9. The van der Waals surface area contributed by atoms with Crippen LogP contribution in [0, 0.1) is 11.8 Å². The molecule has 0 aliphatic carbocycles. The minimum Gasteiger partial charge on any atom is -0.355 e. The number of nitrogens with zero attached hydrogens (tertiary/aromatic N) is 2. The molecule has 0 spiro atoms. The molecular formula is C24H23ClF2N4O2. The number of rotatable bonds is 6. The number of hydrogen-bond donors (Lipinski definition) is 2. The zero-order valence-electron chi connectivity index (χ0n) is 18.1. The average Bonchev–Trinajstić information content (AvgIpc) is 3.41. The summed E-state index contributed by atoms with van der Waals surface area (Å²) in [6.07, 6.45) is 0.114. The smallest absolute Gasteiger partial charge is 0.275 e. The van der Waals surface area contributed by atoms with Crippen LogP contribution in [0.15, 0.2) is 54.6 Å². The van der Waals surface area contributed by atoms with Crippen LogP contribution in [0.3, 0.4) is 0 Å². The van der Waals surface area contributed by atoms with Crippen molar-refractivity contribution in [1.29, 1.82) is 0 Å². The van der Waals surface area contributed by atoms with E-state index in [2.05, 4.69) is 15.7 Å². The summed E-state index contributed by atoms with van der Waals surface area (Å²) < 4.78 is 31.0. The van der Waals surface area contributed by atoms with E-state index in [1.165, 1.54) is 26.0 Å². The van der Waals surface area contributed by atoms with Gasteiger partial charge in [0.15, 0.2) is 5.82 Å². The van der Waals surface area contributed by atoms with E-state index in [1.54, 1.807) is 47.1 Å². The van der Waals surface area contributed by atoms with Crippen molar-refractivity contribution in [2.45, 2.75) is 26.2 Å². The molecule has 1 atom stereocenters. The van der Waals surface area contributed by atoms with Crippen molar-refractivity contribution in [2.75, 3.05) is 11.9 Å². The van der Waals surface area contributed by atoms with E-state index >= 15 is 0 Å². The van der Waals surface area contributed by atoms with Gasteiger partial charge in [-0.3, -0.25) is 9.59 Å². The number of alkyl halides is 2. The van der Waals surface area contributed by atoms with Crippen LogP contribution in [-0.4, -0.2) is 28.1 Å². The molecule has 4 rings (SSSR count). The number of hydrogen-bond acceptors (Lipinski definition) is 3. The minimum absolute atomic E-state index is 0.0972. The molecular weight excluding hydrogens is 450 g/mol. The summed E-state index contributed by atoms with van der Waals surface area (Å²) in [7, 11) is 0. The fourth-order valence-electron chi connectivity index (χ4n) is 3.66. The molecule has 1 aliphatic rings. The van der Waals surface area contributed by atoms with Gasteiger partial charge in [-0.25, -0.2) is 13.5 Å². The Balaban J connectivity index is 1.74. The SMILES string of the molecule is CC(C)C(F)(F)c1cccc(-c2cc(NC(=O)[C@H]3CNC(=O)C3)nn2-c2ccc(Cl)cc2)c1. The maximum Gasteiger partial charge on any atom is 0.275 e. The third-order valence-electron chi connectivity index (χ3n) is 5.65. The van der Waals surface area contributed by atoms with E-state index in [-0.39, 0.29) is 36.2 Å². The molecule has 2 aromatic carbocycles. The predicted octanol–water partition coefficient (Wildman–Crippen LogP) is 5.02. The van der Waals surface area contributed by atoms with Gasteiger partial charge in [-0.2, -0.15) is 0 Å². The summed E-state index contributed by atoms with van der Waals surface area (Å²) in [4.78, 5) is 24.0. The molecule has 0 radical (unpaired) electrons. The highest BCUT2D eigenvalue weighted by Gasteiger charge is 2.36. The normalized spacial score (nSPS) is 16.2. The Morgan fingerprint density at radius 2 is 1.94 bits per heavy atom. The van der Waals surface area contributed by atoms with Gasteiger partial charge in [0, 0.05) is 41.1 Å². The van der Waals surface area contributed by atoms with Crippen LogP contribution in [0.5, 0.6) is 0 Å². The Bertz CT molecular complexity index is 1190. The lowest BCUT2D eigenvalue weighted by Crippen LogP contribution is -2.24. The Kier molecular flexibility index (Phi) is 6.21. The summed E-state index contributed by atoms with van der Waals surface area (Å²) >= 11 is 6.01. The van der Waals surface area contributed by atoms with Gasteiger partial charge in [-0.05, 0) is 30.3 Å². The second-order valence-corrected chi connectivity index (χ2v) is 8.79. The molecule has 3 aromatic rings. The largest absolute Gasteiger partial charge is 0.355 e. The molecule has 2 amide bonds. The van der Waals surface area contributed by atoms with Crippen molar-refractivity contribution in [3.8, 4) is 16.9 Å². The third-order valence-corrected chi connectivity index (χ3v) is 5.90. The molecule has 2 heterocycles. The number of anilines is 1. The standard InChI is InChI=1S/C24H23ClF2N4O2/c1-14(2)24(26,27)17-5-3-4-15(10-17)20-12-21(29-23(33)16-11-22(32)28-13-16)30-31(20)19-8-6-18(25)7-9-19/h3-10,12,14,16H,11,13H2,1-2H3,(H,28,32)(H,29,30,33)/t16-/m1/s1. The number of aromatic nitrogens is 2. The second-order valence-electron chi connectivity index (χ2n) is 8.36. The molecule has 2 N–H and O–H groups in total. The zero-order chi connectivity index (χ0) is 23.8. The van der Waals surface area contributed by atoms with Crippen molar-refractivity contribution in [2.24, 2.45) is 11.8 Å². The Morgan fingerprint density at radius 1 is 1.21 bits per heavy atom. The predicted molar refractivity (Wildman–Crippen MR) is 122 cm³/mol. The summed E-state index contributed by atoms with van der Waals surface area (Å²) in [5, 5.41) is 10.4. The number of carbonyl (C=O) groups excluding carboxylic acids is 2. The van der Waals surface area contributed by atoms with Crippen molar-refractivity contribution < 1.29 is 18.4 Å². The van der Waals surface area contributed by atoms with Crippen LogP contribution in [0.1, 0.15) is 25.8 Å². The number of benzene rings is 2. The Labute approximate surface area is 194 Å². The minimum atomic E-state index is -3.00. The number of amides is 2. The quantitative estimate of drug-likeness (QED) is 0.529. The molecule has 1 aliphatic heterocycles. The van der Waals surface area contributed by atoms with E-state index < -0.39 is 17.8 Å². The fourth-order valence-corrected chi connectivity index (χ4v) is 3.79. The van der Waals surface area contributed by atoms with Gasteiger partial charge >= 0.3 is 0 Å². The molecule has 1 aromatic heterocycles. The van der Waals surface area contributed by atoms with Gasteiger partial charge < -0.3 is 10.6 Å². The fraction of sp³-hybridized carbons (Fsp3) is 0.292. The number of halogens is 3. The molecule has 0 unspecified atom stereocenters. The van der Waals surface area contributed by atoms with Gasteiger partial charge in [0.05, 0.1) is 17.3 Å². The maximum absolute atomic E-state index is 14.7. The molecule has 1 fully saturated rings. The highest BCUT2D eigenvalue weighted by molar-refractivity contribution is 6.30. The van der Waals surface area contributed by atoms with Gasteiger partial charge in [-0.15, -0.1) is 5.10 Å². The molecule has 6 nitrogen and oxygen atoms in total. The topological polar surface area (TPSA) is 76.0 Å².